The second-order valence-corrected chi connectivity index (χ2v) is 4.53. The van der Waals surface area contributed by atoms with Gasteiger partial charge in [-0.3, -0.25) is 4.79 Å². The Hall–Kier alpha value is -2.82. The maximum atomic E-state index is 12.3. The van der Waals surface area contributed by atoms with Crippen LogP contribution in [0.4, 0.5) is 16.2 Å². The highest BCUT2D eigenvalue weighted by molar-refractivity contribution is 6.05. The van der Waals surface area contributed by atoms with Crippen LogP contribution in [0.5, 0.6) is 0 Å². The lowest BCUT2D eigenvalue weighted by atomic mass is 10.1. The highest BCUT2D eigenvalue weighted by Gasteiger charge is 2.09. The first-order valence-electron chi connectivity index (χ1n) is 6.66. The lowest BCUT2D eigenvalue weighted by molar-refractivity contribution is 0.102. The smallest absolute Gasteiger partial charge is 0.316 e. The van der Waals surface area contributed by atoms with Gasteiger partial charge in [-0.05, 0) is 36.2 Å². The third kappa shape index (κ3) is 3.82. The van der Waals surface area contributed by atoms with Gasteiger partial charge in [-0.2, -0.15) is 0 Å². The quantitative estimate of drug-likeness (QED) is 0.805. The van der Waals surface area contributed by atoms with E-state index in [-0.39, 0.29) is 5.91 Å². The molecule has 2 aromatic carbocycles. The summed E-state index contributed by atoms with van der Waals surface area (Å²) in [5.74, 6) is -0.232. The van der Waals surface area contributed by atoms with Gasteiger partial charge in [0, 0.05) is 16.9 Å². The van der Waals surface area contributed by atoms with Crippen molar-refractivity contribution in [2.75, 3.05) is 10.6 Å². The maximum absolute atomic E-state index is 12.3. The van der Waals surface area contributed by atoms with Gasteiger partial charge < -0.3 is 16.4 Å². The summed E-state index contributed by atoms with van der Waals surface area (Å²) in [6.07, 6.45) is 0.833. The van der Waals surface area contributed by atoms with Crippen LogP contribution in [0.3, 0.4) is 0 Å². The van der Waals surface area contributed by atoms with Gasteiger partial charge in [-0.1, -0.05) is 31.2 Å². The lowest BCUT2D eigenvalue weighted by Crippen LogP contribution is -2.20. The zero-order chi connectivity index (χ0) is 15.2. The van der Waals surface area contributed by atoms with E-state index in [1.807, 2.05) is 31.2 Å². The van der Waals surface area contributed by atoms with Crippen molar-refractivity contribution in [3.05, 3.63) is 59.7 Å². The van der Waals surface area contributed by atoms with E-state index in [0.29, 0.717) is 11.3 Å². The van der Waals surface area contributed by atoms with Gasteiger partial charge in [0.05, 0.1) is 0 Å². The number of aryl methyl sites for hydroxylation is 1. The number of amides is 3. The summed E-state index contributed by atoms with van der Waals surface area (Å²) < 4.78 is 0. The number of rotatable bonds is 4. The minimum Gasteiger partial charge on any atom is -0.351 e. The van der Waals surface area contributed by atoms with Crippen molar-refractivity contribution in [3.8, 4) is 0 Å². The number of anilines is 2. The highest BCUT2D eigenvalue weighted by Crippen LogP contribution is 2.17. The third-order valence-electron chi connectivity index (χ3n) is 3.04. The molecule has 0 aliphatic heterocycles. The van der Waals surface area contributed by atoms with Crippen molar-refractivity contribution < 1.29 is 9.59 Å². The zero-order valence-corrected chi connectivity index (χ0v) is 11.7. The first-order valence-corrected chi connectivity index (χ1v) is 6.66. The minimum absolute atomic E-state index is 0.232. The average molecular weight is 283 g/mol. The molecular formula is C16H17N3O2. The summed E-state index contributed by atoms with van der Waals surface area (Å²) in [5, 5.41) is 5.32. The molecule has 0 saturated heterocycles. The van der Waals surface area contributed by atoms with E-state index in [1.54, 1.807) is 24.3 Å². The van der Waals surface area contributed by atoms with E-state index in [4.69, 9.17) is 5.73 Å². The fourth-order valence-electron chi connectivity index (χ4n) is 2.03. The molecule has 0 spiro atoms. The molecule has 0 aliphatic carbocycles. The Morgan fingerprint density at radius 2 is 1.81 bits per heavy atom. The van der Waals surface area contributed by atoms with Crippen LogP contribution in [0.2, 0.25) is 0 Å². The van der Waals surface area contributed by atoms with Crippen LogP contribution in [0.1, 0.15) is 22.8 Å². The molecule has 5 heteroatoms. The summed E-state index contributed by atoms with van der Waals surface area (Å²) in [7, 11) is 0. The Labute approximate surface area is 123 Å². The first kappa shape index (κ1) is 14.6. The summed E-state index contributed by atoms with van der Waals surface area (Å²) in [6.45, 7) is 2.03. The van der Waals surface area contributed by atoms with Gasteiger partial charge in [0.25, 0.3) is 5.91 Å². The number of benzene rings is 2. The molecule has 2 rings (SSSR count). The SMILES string of the molecule is CCc1ccccc1NC(=O)c1cccc(NC(N)=O)c1. The largest absolute Gasteiger partial charge is 0.351 e. The Morgan fingerprint density at radius 3 is 2.52 bits per heavy atom. The molecule has 0 bridgehead atoms. The number of hydrogen-bond donors (Lipinski definition) is 3. The topological polar surface area (TPSA) is 84.2 Å². The van der Waals surface area contributed by atoms with E-state index in [9.17, 15) is 9.59 Å². The molecule has 108 valence electrons. The highest BCUT2D eigenvalue weighted by atomic mass is 16.2. The van der Waals surface area contributed by atoms with Crippen LogP contribution in [0.25, 0.3) is 0 Å². The second kappa shape index (κ2) is 6.56. The molecular weight excluding hydrogens is 266 g/mol. The van der Waals surface area contributed by atoms with E-state index in [0.717, 1.165) is 17.7 Å². The Balaban J connectivity index is 2.18. The fraction of sp³-hybridized carbons (Fsp3) is 0.125. The molecule has 0 atom stereocenters. The van der Waals surface area contributed by atoms with Gasteiger partial charge >= 0.3 is 6.03 Å². The van der Waals surface area contributed by atoms with Crippen molar-refractivity contribution in [2.24, 2.45) is 5.73 Å². The number of para-hydroxylation sites is 1. The molecule has 0 aromatic heterocycles. The Bertz CT molecular complexity index is 668. The van der Waals surface area contributed by atoms with E-state index in [2.05, 4.69) is 10.6 Å². The summed E-state index contributed by atoms with van der Waals surface area (Å²) >= 11 is 0. The standard InChI is InChI=1S/C16H17N3O2/c1-2-11-6-3-4-9-14(11)19-15(20)12-7-5-8-13(10-12)18-16(17)21/h3-10H,2H2,1H3,(H,19,20)(H3,17,18,21). The Morgan fingerprint density at radius 1 is 1.05 bits per heavy atom. The molecule has 5 nitrogen and oxygen atoms in total. The molecule has 2 aromatic rings. The van der Waals surface area contributed by atoms with Gasteiger partial charge in [-0.15, -0.1) is 0 Å². The van der Waals surface area contributed by atoms with Crippen molar-refractivity contribution in [1.82, 2.24) is 0 Å². The number of nitrogens with one attached hydrogen (secondary N) is 2. The summed E-state index contributed by atoms with van der Waals surface area (Å²) in [4.78, 5) is 23.1. The third-order valence-corrected chi connectivity index (χ3v) is 3.04. The molecule has 0 heterocycles. The molecule has 0 fully saturated rings. The van der Waals surface area contributed by atoms with Gasteiger partial charge in [-0.25, -0.2) is 4.79 Å². The number of hydrogen-bond acceptors (Lipinski definition) is 2. The molecule has 0 aliphatic rings. The van der Waals surface area contributed by atoms with Crippen LogP contribution in [-0.2, 0) is 6.42 Å². The molecule has 0 unspecified atom stereocenters. The first-order chi connectivity index (χ1) is 10.1. The molecule has 0 radical (unpaired) electrons. The molecule has 4 N–H and O–H groups in total. The predicted octanol–water partition coefficient (Wildman–Crippen LogP) is 2.99. The van der Waals surface area contributed by atoms with Crippen molar-refractivity contribution in [2.45, 2.75) is 13.3 Å². The van der Waals surface area contributed by atoms with Crippen molar-refractivity contribution in [1.29, 1.82) is 0 Å². The number of primary amides is 1. The number of urea groups is 1. The normalized spacial score (nSPS) is 9.95. The summed E-state index contributed by atoms with van der Waals surface area (Å²) in [6, 6.07) is 13.6. The predicted molar refractivity (Wildman–Crippen MR) is 83.4 cm³/mol. The zero-order valence-electron chi connectivity index (χ0n) is 11.7. The number of carbonyl (C=O) groups excluding carboxylic acids is 2. The van der Waals surface area contributed by atoms with E-state index < -0.39 is 6.03 Å². The van der Waals surface area contributed by atoms with Gasteiger partial charge in [0.15, 0.2) is 0 Å². The lowest BCUT2D eigenvalue weighted by Gasteiger charge is -2.10. The minimum atomic E-state index is -0.663. The van der Waals surface area contributed by atoms with Crippen molar-refractivity contribution in [3.63, 3.8) is 0 Å². The van der Waals surface area contributed by atoms with Gasteiger partial charge in [0.1, 0.15) is 0 Å². The monoisotopic (exact) mass is 283 g/mol. The number of carbonyl (C=O) groups is 2. The molecule has 3 amide bonds. The second-order valence-electron chi connectivity index (χ2n) is 4.53. The van der Waals surface area contributed by atoms with Crippen LogP contribution in [0, 0.1) is 0 Å². The van der Waals surface area contributed by atoms with E-state index in [1.165, 1.54) is 0 Å². The van der Waals surface area contributed by atoms with Gasteiger partial charge in [0.2, 0.25) is 0 Å². The van der Waals surface area contributed by atoms with Crippen molar-refractivity contribution >= 4 is 23.3 Å². The molecule has 0 saturated carbocycles. The fourth-order valence-corrected chi connectivity index (χ4v) is 2.03. The van der Waals surface area contributed by atoms with E-state index >= 15 is 0 Å². The Kier molecular flexibility index (Phi) is 4.56. The molecule has 21 heavy (non-hydrogen) atoms. The summed E-state index contributed by atoms with van der Waals surface area (Å²) in [5.41, 5.74) is 7.85. The average Bonchev–Trinajstić information content (AvgIpc) is 2.47. The van der Waals surface area contributed by atoms with Crippen LogP contribution < -0.4 is 16.4 Å². The van der Waals surface area contributed by atoms with Crippen LogP contribution >= 0.6 is 0 Å². The van der Waals surface area contributed by atoms with Crippen LogP contribution in [0.15, 0.2) is 48.5 Å². The van der Waals surface area contributed by atoms with Crippen LogP contribution in [-0.4, -0.2) is 11.9 Å². The maximum Gasteiger partial charge on any atom is 0.316 e. The number of nitrogens with two attached hydrogens (primary N) is 1.